The quantitative estimate of drug-likeness (QED) is 0.864. The zero-order valence-electron chi connectivity index (χ0n) is 16.2. The molecule has 0 saturated heterocycles. The first kappa shape index (κ1) is 18.3. The van der Waals surface area contributed by atoms with Gasteiger partial charge in [0.1, 0.15) is 13.2 Å². The highest BCUT2D eigenvalue weighted by Crippen LogP contribution is 2.33. The van der Waals surface area contributed by atoms with Gasteiger partial charge in [0, 0.05) is 13.1 Å². The van der Waals surface area contributed by atoms with Crippen molar-refractivity contribution in [1.29, 1.82) is 0 Å². The van der Waals surface area contributed by atoms with Crippen LogP contribution in [0, 0.1) is 0 Å². The first-order chi connectivity index (χ1) is 13.6. The van der Waals surface area contributed by atoms with Crippen molar-refractivity contribution in [2.45, 2.75) is 32.9 Å². The number of nitrogens with one attached hydrogen (secondary N) is 1. The standard InChI is InChI=1S/C22H24N2O4/c1-3-9-24-13-16-5-4-6-17(20(16)22(24)26)21(25)23-14(2)15-7-8-18-19(12-15)28-11-10-27-18/h4-8,12,14H,3,9-11,13H2,1-2H3,(H,23,25)/t14-/m0/s1. The number of hydrogen-bond donors (Lipinski definition) is 1. The van der Waals surface area contributed by atoms with E-state index in [1.54, 1.807) is 11.0 Å². The van der Waals surface area contributed by atoms with Crippen molar-refractivity contribution in [3.05, 3.63) is 58.7 Å². The molecule has 0 unspecified atom stereocenters. The summed E-state index contributed by atoms with van der Waals surface area (Å²) in [6, 6.07) is 10.9. The molecule has 2 heterocycles. The van der Waals surface area contributed by atoms with E-state index >= 15 is 0 Å². The van der Waals surface area contributed by atoms with E-state index in [0.717, 1.165) is 23.3 Å². The van der Waals surface area contributed by atoms with E-state index in [2.05, 4.69) is 5.32 Å². The molecule has 146 valence electrons. The van der Waals surface area contributed by atoms with Crippen LogP contribution in [0.1, 0.15) is 58.2 Å². The lowest BCUT2D eigenvalue weighted by molar-refractivity contribution is 0.0772. The average molecular weight is 380 g/mol. The number of benzene rings is 2. The molecule has 6 nitrogen and oxygen atoms in total. The molecule has 0 aliphatic carbocycles. The number of rotatable bonds is 5. The highest BCUT2D eigenvalue weighted by Gasteiger charge is 2.31. The molecule has 1 atom stereocenters. The number of ether oxygens (including phenoxy) is 2. The van der Waals surface area contributed by atoms with E-state index in [9.17, 15) is 9.59 Å². The van der Waals surface area contributed by atoms with Gasteiger partial charge >= 0.3 is 0 Å². The van der Waals surface area contributed by atoms with Crippen molar-refractivity contribution < 1.29 is 19.1 Å². The van der Waals surface area contributed by atoms with Gasteiger partial charge in [0.25, 0.3) is 11.8 Å². The van der Waals surface area contributed by atoms with Crippen molar-refractivity contribution in [3.8, 4) is 11.5 Å². The number of amides is 2. The predicted octanol–water partition coefficient (Wildman–Crippen LogP) is 3.31. The minimum absolute atomic E-state index is 0.0606. The Balaban J connectivity index is 1.54. The van der Waals surface area contributed by atoms with Gasteiger partial charge in [-0.2, -0.15) is 0 Å². The van der Waals surface area contributed by atoms with Crippen LogP contribution in [0.15, 0.2) is 36.4 Å². The number of hydrogen-bond acceptors (Lipinski definition) is 4. The van der Waals surface area contributed by atoms with Crippen LogP contribution in [0.2, 0.25) is 0 Å². The van der Waals surface area contributed by atoms with Crippen molar-refractivity contribution >= 4 is 11.8 Å². The van der Waals surface area contributed by atoms with Crippen molar-refractivity contribution in [2.24, 2.45) is 0 Å². The number of nitrogens with zero attached hydrogens (tertiary/aromatic N) is 1. The molecule has 0 fully saturated rings. The Kier molecular flexibility index (Phi) is 4.94. The van der Waals surface area contributed by atoms with Crippen LogP contribution >= 0.6 is 0 Å². The van der Waals surface area contributed by atoms with E-state index in [-0.39, 0.29) is 17.9 Å². The summed E-state index contributed by atoms with van der Waals surface area (Å²) in [4.78, 5) is 27.5. The Morgan fingerprint density at radius 1 is 1.18 bits per heavy atom. The first-order valence-electron chi connectivity index (χ1n) is 9.70. The van der Waals surface area contributed by atoms with Gasteiger partial charge < -0.3 is 19.7 Å². The monoisotopic (exact) mass is 380 g/mol. The lowest BCUT2D eigenvalue weighted by atomic mass is 10.0. The third kappa shape index (κ3) is 3.30. The minimum atomic E-state index is -0.245. The van der Waals surface area contributed by atoms with Crippen molar-refractivity contribution in [3.63, 3.8) is 0 Å². The molecular formula is C22H24N2O4. The topological polar surface area (TPSA) is 67.9 Å². The van der Waals surface area contributed by atoms with E-state index in [0.29, 0.717) is 43.2 Å². The van der Waals surface area contributed by atoms with E-state index in [1.807, 2.05) is 44.2 Å². The molecule has 2 aromatic rings. The second-order valence-electron chi connectivity index (χ2n) is 7.16. The molecule has 0 radical (unpaired) electrons. The van der Waals surface area contributed by atoms with Gasteiger partial charge in [0.15, 0.2) is 11.5 Å². The molecule has 0 aromatic heterocycles. The lowest BCUT2D eigenvalue weighted by Crippen LogP contribution is -2.30. The van der Waals surface area contributed by atoms with Crippen LogP contribution in [0.4, 0.5) is 0 Å². The Morgan fingerprint density at radius 3 is 2.75 bits per heavy atom. The Labute approximate surface area is 164 Å². The highest BCUT2D eigenvalue weighted by atomic mass is 16.6. The third-order valence-corrected chi connectivity index (χ3v) is 5.17. The van der Waals surface area contributed by atoms with Crippen LogP contribution in [0.3, 0.4) is 0 Å². The summed E-state index contributed by atoms with van der Waals surface area (Å²) in [6.45, 7) is 6.28. The normalized spacial score (nSPS) is 15.9. The third-order valence-electron chi connectivity index (χ3n) is 5.17. The summed E-state index contributed by atoms with van der Waals surface area (Å²) in [6.07, 6.45) is 0.891. The molecule has 2 amide bonds. The SMILES string of the molecule is CCCN1Cc2cccc(C(=O)N[C@@H](C)c3ccc4c(c3)OCCO4)c2C1=O. The zero-order chi connectivity index (χ0) is 19.7. The summed E-state index contributed by atoms with van der Waals surface area (Å²) in [7, 11) is 0. The Hall–Kier alpha value is -3.02. The summed E-state index contributed by atoms with van der Waals surface area (Å²) in [5.74, 6) is 1.10. The minimum Gasteiger partial charge on any atom is -0.486 e. The molecule has 0 saturated carbocycles. The van der Waals surface area contributed by atoms with Crippen LogP contribution < -0.4 is 14.8 Å². The molecule has 4 rings (SSSR count). The number of carbonyl (C=O) groups is 2. The van der Waals surface area contributed by atoms with Crippen molar-refractivity contribution in [1.82, 2.24) is 10.2 Å². The van der Waals surface area contributed by atoms with Gasteiger partial charge in [-0.1, -0.05) is 25.1 Å². The summed E-state index contributed by atoms with van der Waals surface area (Å²) in [5.41, 5.74) is 2.80. The molecule has 0 spiro atoms. The second-order valence-corrected chi connectivity index (χ2v) is 7.16. The predicted molar refractivity (Wildman–Crippen MR) is 105 cm³/mol. The van der Waals surface area contributed by atoms with Gasteiger partial charge in [-0.3, -0.25) is 9.59 Å². The fourth-order valence-electron chi connectivity index (χ4n) is 3.75. The molecule has 2 aliphatic heterocycles. The van der Waals surface area contributed by atoms with Crippen LogP contribution in [-0.2, 0) is 6.54 Å². The summed E-state index contributed by atoms with van der Waals surface area (Å²) < 4.78 is 11.2. The van der Waals surface area contributed by atoms with E-state index < -0.39 is 0 Å². The molecule has 2 aromatic carbocycles. The van der Waals surface area contributed by atoms with Gasteiger partial charge in [-0.15, -0.1) is 0 Å². The van der Waals surface area contributed by atoms with Crippen LogP contribution in [-0.4, -0.2) is 36.5 Å². The largest absolute Gasteiger partial charge is 0.486 e. The molecule has 28 heavy (non-hydrogen) atoms. The lowest BCUT2D eigenvalue weighted by Gasteiger charge is -2.21. The number of fused-ring (bicyclic) bond motifs is 2. The fourth-order valence-corrected chi connectivity index (χ4v) is 3.75. The maximum atomic E-state index is 12.9. The Bertz CT molecular complexity index is 925. The maximum Gasteiger partial charge on any atom is 0.255 e. The summed E-state index contributed by atoms with van der Waals surface area (Å²) in [5, 5.41) is 3.01. The van der Waals surface area contributed by atoms with Crippen molar-refractivity contribution in [2.75, 3.05) is 19.8 Å². The second kappa shape index (κ2) is 7.54. The molecule has 2 aliphatic rings. The van der Waals surface area contributed by atoms with Crippen LogP contribution in [0.25, 0.3) is 0 Å². The highest BCUT2D eigenvalue weighted by molar-refractivity contribution is 6.09. The fraction of sp³-hybridized carbons (Fsp3) is 0.364. The average Bonchev–Trinajstić information content (AvgIpc) is 3.03. The van der Waals surface area contributed by atoms with E-state index in [1.165, 1.54) is 0 Å². The van der Waals surface area contributed by atoms with Gasteiger partial charge in [-0.25, -0.2) is 0 Å². The molecule has 1 N–H and O–H groups in total. The van der Waals surface area contributed by atoms with Gasteiger partial charge in [0.05, 0.1) is 17.2 Å². The van der Waals surface area contributed by atoms with E-state index in [4.69, 9.17) is 9.47 Å². The van der Waals surface area contributed by atoms with Gasteiger partial charge in [-0.05, 0) is 42.7 Å². The Morgan fingerprint density at radius 2 is 1.96 bits per heavy atom. The summed E-state index contributed by atoms with van der Waals surface area (Å²) >= 11 is 0. The zero-order valence-corrected chi connectivity index (χ0v) is 16.2. The molecule has 0 bridgehead atoms. The molecule has 6 heteroatoms. The smallest absolute Gasteiger partial charge is 0.255 e. The maximum absolute atomic E-state index is 12.9. The van der Waals surface area contributed by atoms with Crippen LogP contribution in [0.5, 0.6) is 11.5 Å². The first-order valence-corrected chi connectivity index (χ1v) is 9.70. The number of carbonyl (C=O) groups excluding carboxylic acids is 2. The molecular weight excluding hydrogens is 356 g/mol. The van der Waals surface area contributed by atoms with Gasteiger partial charge in [0.2, 0.25) is 0 Å².